The summed E-state index contributed by atoms with van der Waals surface area (Å²) in [6, 6.07) is 5.55. The Hall–Kier alpha value is -2.88. The number of alkyl halides is 3. The molecular formula is C19H14ClF4N3O4S. The van der Waals surface area contributed by atoms with E-state index >= 15 is 0 Å². The Bertz CT molecular complexity index is 1180. The molecule has 170 valence electrons. The SMILES string of the molecule is C=C1CN(S(=O)(=O)c2ccc(Cl)cn2)C[C@@H]1Oc1cc(F)c(C#N)cc1OCC(F)(F)F. The second-order valence-electron chi connectivity index (χ2n) is 6.67. The van der Waals surface area contributed by atoms with Crippen LogP contribution in [0.15, 0.2) is 47.6 Å². The number of nitrogens with zero attached hydrogens (tertiary/aromatic N) is 3. The Morgan fingerprint density at radius 2 is 2.03 bits per heavy atom. The maximum atomic E-state index is 14.1. The highest BCUT2D eigenvalue weighted by atomic mass is 35.5. The largest absolute Gasteiger partial charge is 0.481 e. The molecule has 1 atom stereocenters. The lowest BCUT2D eigenvalue weighted by atomic mass is 10.2. The summed E-state index contributed by atoms with van der Waals surface area (Å²) >= 11 is 5.72. The third-order valence-corrected chi connectivity index (χ3v) is 6.27. The third-order valence-electron chi connectivity index (χ3n) is 4.32. The summed E-state index contributed by atoms with van der Waals surface area (Å²) in [5.41, 5.74) is -0.271. The Labute approximate surface area is 185 Å². The highest BCUT2D eigenvalue weighted by molar-refractivity contribution is 7.89. The molecule has 0 amide bonds. The van der Waals surface area contributed by atoms with Gasteiger partial charge in [-0.25, -0.2) is 17.8 Å². The minimum absolute atomic E-state index is 0.158. The van der Waals surface area contributed by atoms with Crippen molar-refractivity contribution in [3.8, 4) is 17.6 Å². The number of benzene rings is 1. The number of nitriles is 1. The van der Waals surface area contributed by atoms with Crippen molar-refractivity contribution in [2.45, 2.75) is 17.3 Å². The normalized spacial score (nSPS) is 17.2. The van der Waals surface area contributed by atoms with E-state index in [0.717, 1.165) is 16.6 Å². The molecule has 0 spiro atoms. The van der Waals surface area contributed by atoms with Gasteiger partial charge in [0.2, 0.25) is 0 Å². The van der Waals surface area contributed by atoms with E-state index in [1.54, 1.807) is 0 Å². The van der Waals surface area contributed by atoms with Crippen LogP contribution in [0.1, 0.15) is 5.56 Å². The second kappa shape index (κ2) is 8.93. The van der Waals surface area contributed by atoms with Gasteiger partial charge in [0.05, 0.1) is 17.1 Å². The average molecular weight is 492 g/mol. The van der Waals surface area contributed by atoms with Crippen molar-refractivity contribution >= 4 is 21.6 Å². The van der Waals surface area contributed by atoms with Gasteiger partial charge in [-0.15, -0.1) is 0 Å². The summed E-state index contributed by atoms with van der Waals surface area (Å²) in [7, 11) is -4.05. The topological polar surface area (TPSA) is 92.5 Å². The first kappa shape index (κ1) is 23.8. The molecule has 0 aliphatic carbocycles. The van der Waals surface area contributed by atoms with Gasteiger partial charge in [0.25, 0.3) is 10.0 Å². The number of pyridine rings is 1. The zero-order valence-corrected chi connectivity index (χ0v) is 17.6. The first-order valence-electron chi connectivity index (χ1n) is 8.80. The molecule has 32 heavy (non-hydrogen) atoms. The highest BCUT2D eigenvalue weighted by Gasteiger charge is 2.37. The van der Waals surface area contributed by atoms with Gasteiger partial charge in [-0.1, -0.05) is 18.2 Å². The van der Waals surface area contributed by atoms with Crippen molar-refractivity contribution in [3.05, 3.63) is 59.0 Å². The fraction of sp³-hybridized carbons (Fsp3) is 0.263. The Kier molecular flexibility index (Phi) is 6.64. The molecule has 0 radical (unpaired) electrons. The van der Waals surface area contributed by atoms with Crippen LogP contribution in [0.5, 0.6) is 11.5 Å². The van der Waals surface area contributed by atoms with E-state index in [2.05, 4.69) is 16.3 Å². The van der Waals surface area contributed by atoms with E-state index in [1.807, 2.05) is 0 Å². The summed E-state index contributed by atoms with van der Waals surface area (Å²) in [6.45, 7) is 1.62. The molecule has 1 fully saturated rings. The second-order valence-corrected chi connectivity index (χ2v) is 8.99. The Balaban J connectivity index is 1.84. The molecule has 0 bridgehead atoms. The monoisotopic (exact) mass is 491 g/mol. The van der Waals surface area contributed by atoms with Gasteiger partial charge in [0.15, 0.2) is 23.1 Å². The van der Waals surface area contributed by atoms with Gasteiger partial charge in [-0.05, 0) is 17.7 Å². The number of rotatable bonds is 6. The molecule has 2 heterocycles. The molecule has 3 rings (SSSR count). The van der Waals surface area contributed by atoms with Gasteiger partial charge < -0.3 is 9.47 Å². The molecule has 1 saturated heterocycles. The van der Waals surface area contributed by atoms with E-state index in [0.29, 0.717) is 6.07 Å². The molecule has 1 aromatic heterocycles. The van der Waals surface area contributed by atoms with Gasteiger partial charge in [-0.3, -0.25) is 0 Å². The molecule has 13 heteroatoms. The number of halogens is 5. The van der Waals surface area contributed by atoms with Crippen molar-refractivity contribution in [2.75, 3.05) is 19.7 Å². The molecule has 0 unspecified atom stereocenters. The molecule has 0 saturated carbocycles. The zero-order chi connectivity index (χ0) is 23.7. The van der Waals surface area contributed by atoms with Crippen LogP contribution in [0.25, 0.3) is 0 Å². The van der Waals surface area contributed by atoms with Gasteiger partial charge >= 0.3 is 6.18 Å². The number of hydrogen-bond donors (Lipinski definition) is 0. The number of aromatic nitrogens is 1. The van der Waals surface area contributed by atoms with Crippen LogP contribution >= 0.6 is 11.6 Å². The van der Waals surface area contributed by atoms with Crippen LogP contribution in [0.2, 0.25) is 5.02 Å². The van der Waals surface area contributed by atoms with Crippen molar-refractivity contribution in [1.82, 2.24) is 9.29 Å². The molecule has 7 nitrogen and oxygen atoms in total. The van der Waals surface area contributed by atoms with E-state index < -0.39 is 51.8 Å². The smallest absolute Gasteiger partial charge is 0.422 e. The van der Waals surface area contributed by atoms with Crippen LogP contribution in [-0.2, 0) is 10.0 Å². The Morgan fingerprint density at radius 1 is 1.31 bits per heavy atom. The van der Waals surface area contributed by atoms with E-state index in [9.17, 15) is 26.0 Å². The van der Waals surface area contributed by atoms with Crippen LogP contribution < -0.4 is 9.47 Å². The van der Waals surface area contributed by atoms with Crippen molar-refractivity contribution < 1.29 is 35.5 Å². The lowest BCUT2D eigenvalue weighted by Gasteiger charge is -2.19. The molecule has 1 aromatic carbocycles. The lowest BCUT2D eigenvalue weighted by molar-refractivity contribution is -0.153. The summed E-state index contributed by atoms with van der Waals surface area (Å²) in [6.07, 6.45) is -4.54. The molecule has 1 aliphatic heterocycles. The van der Waals surface area contributed by atoms with E-state index in [1.165, 1.54) is 18.2 Å². The first-order chi connectivity index (χ1) is 14.9. The maximum Gasteiger partial charge on any atom is 0.422 e. The number of ether oxygens (including phenoxy) is 2. The van der Waals surface area contributed by atoms with Crippen molar-refractivity contribution in [1.29, 1.82) is 5.26 Å². The Morgan fingerprint density at radius 3 is 2.62 bits per heavy atom. The molecule has 2 aromatic rings. The van der Waals surface area contributed by atoms with Gasteiger partial charge in [0, 0.05) is 24.9 Å². The minimum Gasteiger partial charge on any atom is -0.481 e. The third kappa shape index (κ3) is 5.29. The molecule has 0 N–H and O–H groups in total. The maximum absolute atomic E-state index is 14.1. The number of sulfonamides is 1. The fourth-order valence-electron chi connectivity index (χ4n) is 2.80. The zero-order valence-electron chi connectivity index (χ0n) is 16.1. The van der Waals surface area contributed by atoms with Gasteiger partial charge in [-0.2, -0.15) is 22.7 Å². The lowest BCUT2D eigenvalue weighted by Crippen LogP contribution is -2.31. The molecule has 1 aliphatic rings. The average Bonchev–Trinajstić information content (AvgIpc) is 3.08. The van der Waals surface area contributed by atoms with Crippen molar-refractivity contribution in [2.24, 2.45) is 0 Å². The van der Waals surface area contributed by atoms with Crippen LogP contribution in [0.4, 0.5) is 17.6 Å². The van der Waals surface area contributed by atoms with Crippen molar-refractivity contribution in [3.63, 3.8) is 0 Å². The van der Waals surface area contributed by atoms with Crippen LogP contribution in [-0.4, -0.2) is 49.7 Å². The summed E-state index contributed by atoms with van der Waals surface area (Å²) < 4.78 is 88.6. The fourth-order valence-corrected chi connectivity index (χ4v) is 4.27. The van der Waals surface area contributed by atoms with Crippen LogP contribution in [0.3, 0.4) is 0 Å². The molecular weight excluding hydrogens is 478 g/mol. The summed E-state index contributed by atoms with van der Waals surface area (Å²) in [5.74, 6) is -1.99. The van der Waals surface area contributed by atoms with Gasteiger partial charge in [0.1, 0.15) is 18.0 Å². The summed E-state index contributed by atoms with van der Waals surface area (Å²) in [4.78, 5) is 3.78. The predicted octanol–water partition coefficient (Wildman–Crippen LogP) is 3.69. The van der Waals surface area contributed by atoms with Crippen LogP contribution in [0, 0.1) is 17.1 Å². The highest BCUT2D eigenvalue weighted by Crippen LogP contribution is 2.35. The number of hydrogen-bond acceptors (Lipinski definition) is 6. The summed E-state index contributed by atoms with van der Waals surface area (Å²) in [5, 5.41) is 8.90. The standard InChI is InChI=1S/C19H14ClF4N3O4S/c1-11-8-27(32(28,29)18-3-2-13(20)7-26-18)9-17(11)31-16-5-14(21)12(6-25)4-15(16)30-10-19(22,23)24/h2-5,7,17H,1,8-10H2/t17-/m0/s1. The van der Waals surface area contributed by atoms with E-state index in [4.69, 9.17) is 21.6 Å². The predicted molar refractivity (Wildman–Crippen MR) is 104 cm³/mol. The minimum atomic E-state index is -4.69. The first-order valence-corrected chi connectivity index (χ1v) is 10.6. The quantitative estimate of drug-likeness (QED) is 0.452. The van der Waals surface area contributed by atoms with E-state index in [-0.39, 0.29) is 28.7 Å².